The van der Waals surface area contributed by atoms with Crippen LogP contribution in [0.25, 0.3) is 6.08 Å². The van der Waals surface area contributed by atoms with Crippen LogP contribution in [0.5, 0.6) is 0 Å². The third-order valence-corrected chi connectivity index (χ3v) is 3.61. The molecule has 5 nitrogen and oxygen atoms in total. The molecule has 0 aromatic heterocycles. The molecule has 0 radical (unpaired) electrons. The molecule has 1 aliphatic rings. The number of hydrogen-bond donors (Lipinski definition) is 0. The average molecular weight is 327 g/mol. The Labute approximate surface area is 141 Å². The Morgan fingerprint density at radius 2 is 1.71 bits per heavy atom. The van der Waals surface area contributed by atoms with Crippen molar-refractivity contribution in [1.29, 1.82) is 0 Å². The van der Waals surface area contributed by atoms with Gasteiger partial charge in [-0.05, 0) is 24.5 Å². The van der Waals surface area contributed by atoms with Crippen molar-refractivity contribution in [1.82, 2.24) is 4.90 Å². The Balaban J connectivity index is 1.51. The Morgan fingerprint density at radius 1 is 1.00 bits per heavy atom. The normalized spacial score (nSPS) is 13.9. The number of nitrogens with zero attached hydrogens (tertiary/aromatic N) is 1. The molecule has 0 aliphatic carbocycles. The van der Waals surface area contributed by atoms with Crippen molar-refractivity contribution < 1.29 is 19.1 Å². The van der Waals surface area contributed by atoms with Crippen LogP contribution in [0.15, 0.2) is 48.6 Å². The van der Waals surface area contributed by atoms with Gasteiger partial charge >= 0.3 is 5.97 Å². The van der Waals surface area contributed by atoms with Gasteiger partial charge in [-0.1, -0.05) is 42.8 Å². The molecule has 126 valence electrons. The van der Waals surface area contributed by atoms with E-state index in [4.69, 9.17) is 4.74 Å². The van der Waals surface area contributed by atoms with Gasteiger partial charge in [0.05, 0.1) is 0 Å². The summed E-state index contributed by atoms with van der Waals surface area (Å²) in [6.45, 7) is 0.662. The number of carbonyl (C=O) groups excluding carboxylic acids is 3. The van der Waals surface area contributed by atoms with Gasteiger partial charge in [0, 0.05) is 25.1 Å². The minimum absolute atomic E-state index is 0.234. The van der Waals surface area contributed by atoms with Gasteiger partial charge in [-0.15, -0.1) is 0 Å². The number of ether oxygens (including phenoxy) is 1. The van der Waals surface area contributed by atoms with Gasteiger partial charge in [-0.25, -0.2) is 0 Å². The van der Waals surface area contributed by atoms with Crippen molar-refractivity contribution in [3.8, 4) is 0 Å². The minimum Gasteiger partial charge on any atom is -0.461 e. The standard InChI is InChI=1S/C19H21NO4/c21-17-12-13-18(22)20(17)14-6-2-5-11-19(23)24-15-7-10-16-8-3-1-4-9-16/h1,3-4,7-10,12-13H,2,5-6,11,14-15H2. The quantitative estimate of drug-likeness (QED) is 0.397. The minimum atomic E-state index is -0.260. The van der Waals surface area contributed by atoms with Crippen molar-refractivity contribution in [2.45, 2.75) is 25.7 Å². The highest BCUT2D eigenvalue weighted by Gasteiger charge is 2.22. The monoisotopic (exact) mass is 327 g/mol. The van der Waals surface area contributed by atoms with Gasteiger partial charge in [-0.2, -0.15) is 0 Å². The zero-order valence-electron chi connectivity index (χ0n) is 13.5. The molecule has 1 aliphatic heterocycles. The molecule has 1 aromatic rings. The number of rotatable bonds is 9. The Bertz CT molecular complexity index is 616. The second kappa shape index (κ2) is 9.45. The molecule has 0 unspecified atom stereocenters. The first-order valence-electron chi connectivity index (χ1n) is 8.07. The van der Waals surface area contributed by atoms with E-state index < -0.39 is 0 Å². The number of carbonyl (C=O) groups is 3. The second-order valence-electron chi connectivity index (χ2n) is 5.47. The highest BCUT2D eigenvalue weighted by molar-refractivity contribution is 6.12. The lowest BCUT2D eigenvalue weighted by Crippen LogP contribution is -2.30. The van der Waals surface area contributed by atoms with Crippen molar-refractivity contribution in [3.63, 3.8) is 0 Å². The van der Waals surface area contributed by atoms with Crippen molar-refractivity contribution >= 4 is 23.9 Å². The molecule has 0 fully saturated rings. The first kappa shape index (κ1) is 17.7. The largest absolute Gasteiger partial charge is 0.461 e. The molecule has 24 heavy (non-hydrogen) atoms. The predicted octanol–water partition coefficient (Wildman–Crippen LogP) is 2.73. The maximum Gasteiger partial charge on any atom is 0.306 e. The lowest BCUT2D eigenvalue weighted by molar-refractivity contribution is -0.142. The Kier molecular flexibility index (Phi) is 6.95. The lowest BCUT2D eigenvalue weighted by Gasteiger charge is -2.12. The van der Waals surface area contributed by atoms with Crippen molar-refractivity contribution in [3.05, 3.63) is 54.1 Å². The van der Waals surface area contributed by atoms with Crippen LogP contribution < -0.4 is 0 Å². The zero-order valence-corrected chi connectivity index (χ0v) is 13.5. The van der Waals surface area contributed by atoms with E-state index in [-0.39, 0.29) is 24.4 Å². The molecule has 0 saturated heterocycles. The summed E-state index contributed by atoms with van der Waals surface area (Å²) in [5.74, 6) is -0.753. The number of amides is 2. The van der Waals surface area contributed by atoms with Crippen LogP contribution >= 0.6 is 0 Å². The first-order valence-corrected chi connectivity index (χ1v) is 8.07. The van der Waals surface area contributed by atoms with Crippen LogP contribution in [0, 0.1) is 0 Å². The SMILES string of the molecule is O=C(CCCCCN1C(=O)C=CC1=O)OCC=Cc1ccccc1. The first-order chi connectivity index (χ1) is 11.7. The van der Waals surface area contributed by atoms with E-state index in [2.05, 4.69) is 0 Å². The molecule has 1 aromatic carbocycles. The lowest BCUT2D eigenvalue weighted by atomic mass is 10.2. The van der Waals surface area contributed by atoms with Crippen LogP contribution in [0.4, 0.5) is 0 Å². The van der Waals surface area contributed by atoms with Crippen LogP contribution in [0.2, 0.25) is 0 Å². The number of benzene rings is 1. The van der Waals surface area contributed by atoms with E-state index in [9.17, 15) is 14.4 Å². The molecule has 5 heteroatoms. The molecule has 0 saturated carbocycles. The van der Waals surface area contributed by atoms with E-state index in [1.165, 1.54) is 17.1 Å². The van der Waals surface area contributed by atoms with Gasteiger partial charge in [0.15, 0.2) is 0 Å². The van der Waals surface area contributed by atoms with Crippen LogP contribution in [-0.4, -0.2) is 35.8 Å². The topological polar surface area (TPSA) is 63.7 Å². The van der Waals surface area contributed by atoms with Gasteiger partial charge in [0.25, 0.3) is 11.8 Å². The molecule has 2 amide bonds. The summed E-state index contributed by atoms with van der Waals surface area (Å²) in [6.07, 6.45) is 8.78. The van der Waals surface area contributed by atoms with Gasteiger partial charge < -0.3 is 4.74 Å². The van der Waals surface area contributed by atoms with Crippen molar-refractivity contribution in [2.75, 3.05) is 13.2 Å². The summed E-state index contributed by atoms with van der Waals surface area (Å²) in [4.78, 5) is 35.5. The fraction of sp³-hybridized carbons (Fsp3) is 0.316. The third kappa shape index (κ3) is 5.83. The van der Waals surface area contributed by atoms with E-state index in [0.29, 0.717) is 25.8 Å². The average Bonchev–Trinajstić information content (AvgIpc) is 2.91. The molecular weight excluding hydrogens is 306 g/mol. The van der Waals surface area contributed by atoms with Gasteiger partial charge in [0.2, 0.25) is 0 Å². The van der Waals surface area contributed by atoms with Crippen LogP contribution in [0.3, 0.4) is 0 Å². The van der Waals surface area contributed by atoms with E-state index in [1.54, 1.807) is 0 Å². The molecule has 1 heterocycles. The third-order valence-electron chi connectivity index (χ3n) is 3.61. The summed E-state index contributed by atoms with van der Waals surface area (Å²) in [7, 11) is 0. The fourth-order valence-electron chi connectivity index (χ4n) is 2.33. The molecule has 0 atom stereocenters. The summed E-state index contributed by atoms with van der Waals surface area (Å²) in [5, 5.41) is 0. The van der Waals surface area contributed by atoms with Crippen LogP contribution in [-0.2, 0) is 19.1 Å². The molecular formula is C19H21NO4. The van der Waals surface area contributed by atoms with E-state index in [1.807, 2.05) is 42.5 Å². The Morgan fingerprint density at radius 3 is 2.42 bits per heavy atom. The fourth-order valence-corrected chi connectivity index (χ4v) is 2.33. The number of esters is 1. The molecule has 0 spiro atoms. The number of unbranched alkanes of at least 4 members (excludes halogenated alkanes) is 2. The highest BCUT2D eigenvalue weighted by Crippen LogP contribution is 2.08. The maximum atomic E-state index is 11.6. The predicted molar refractivity (Wildman–Crippen MR) is 90.8 cm³/mol. The molecule has 0 N–H and O–H groups in total. The van der Waals surface area contributed by atoms with Crippen LogP contribution in [0.1, 0.15) is 31.2 Å². The van der Waals surface area contributed by atoms with Crippen molar-refractivity contribution in [2.24, 2.45) is 0 Å². The number of hydrogen-bond acceptors (Lipinski definition) is 4. The van der Waals surface area contributed by atoms with E-state index in [0.717, 1.165) is 12.0 Å². The zero-order chi connectivity index (χ0) is 17.2. The molecule has 2 rings (SSSR count). The smallest absolute Gasteiger partial charge is 0.306 e. The van der Waals surface area contributed by atoms with E-state index >= 15 is 0 Å². The second-order valence-corrected chi connectivity index (χ2v) is 5.47. The number of imide groups is 1. The maximum absolute atomic E-state index is 11.6. The summed E-state index contributed by atoms with van der Waals surface area (Å²) < 4.78 is 5.12. The summed E-state index contributed by atoms with van der Waals surface area (Å²) in [5.41, 5.74) is 1.06. The summed E-state index contributed by atoms with van der Waals surface area (Å²) >= 11 is 0. The Hall–Kier alpha value is -2.69. The highest BCUT2D eigenvalue weighted by atomic mass is 16.5. The summed E-state index contributed by atoms with van der Waals surface area (Å²) in [6, 6.07) is 9.80. The molecule has 0 bridgehead atoms. The van der Waals surface area contributed by atoms with Gasteiger partial charge in [-0.3, -0.25) is 19.3 Å². The van der Waals surface area contributed by atoms with Gasteiger partial charge in [0.1, 0.15) is 6.61 Å².